The molecule has 0 aliphatic heterocycles. The van der Waals surface area contributed by atoms with E-state index >= 15 is 0 Å². The number of halogens is 8. The lowest BCUT2D eigenvalue weighted by molar-refractivity contribution is 0.381. The highest BCUT2D eigenvalue weighted by Crippen LogP contribution is 2.46. The van der Waals surface area contributed by atoms with Crippen LogP contribution in [-0.2, 0) is 0 Å². The molecule has 5 aromatic rings. The van der Waals surface area contributed by atoms with Crippen LogP contribution < -0.4 is 4.74 Å². The van der Waals surface area contributed by atoms with Gasteiger partial charge < -0.3 is 4.74 Å². The van der Waals surface area contributed by atoms with Gasteiger partial charge in [0.25, 0.3) is 0 Å². The molecule has 0 amide bonds. The van der Waals surface area contributed by atoms with Crippen LogP contribution in [-0.4, -0.2) is 7.11 Å². The topological polar surface area (TPSA) is 9.23 Å². The van der Waals surface area contributed by atoms with Gasteiger partial charge in [0.15, 0.2) is 34.9 Å². The van der Waals surface area contributed by atoms with Crippen molar-refractivity contribution in [2.24, 2.45) is 0 Å². The standard InChI is InChI=1S/C27H12F8O/c1-36-13-5-2-11(3-6-13)20-14-7-4-12(28)8-15(14)21(17-10-19(30)18(29)9-16(17)20)22-23(31)25(33)27(35)26(34)24(22)32/h2-10H,1H3. The van der Waals surface area contributed by atoms with E-state index in [2.05, 4.69) is 0 Å². The SMILES string of the molecule is COc1ccc(-c2c3ccc(F)cc3c(-c3c(F)c(F)c(F)c(F)c3F)c3cc(F)c(F)cc23)cc1. The van der Waals surface area contributed by atoms with Gasteiger partial charge in [0.2, 0.25) is 5.82 Å². The molecule has 0 bridgehead atoms. The zero-order chi connectivity index (χ0) is 25.9. The predicted molar refractivity (Wildman–Crippen MR) is 119 cm³/mol. The highest BCUT2D eigenvalue weighted by molar-refractivity contribution is 6.21. The van der Waals surface area contributed by atoms with E-state index in [0.29, 0.717) is 17.4 Å². The Hall–Kier alpha value is -4.14. The van der Waals surface area contributed by atoms with Crippen LogP contribution in [0.1, 0.15) is 0 Å². The zero-order valence-electron chi connectivity index (χ0n) is 18.1. The third kappa shape index (κ3) is 3.45. The van der Waals surface area contributed by atoms with Gasteiger partial charge in [-0.05, 0) is 69.1 Å². The number of hydrogen-bond acceptors (Lipinski definition) is 1. The molecule has 0 saturated carbocycles. The van der Waals surface area contributed by atoms with Gasteiger partial charge in [0, 0.05) is 5.56 Å². The van der Waals surface area contributed by atoms with E-state index in [1.165, 1.54) is 13.2 Å². The molecule has 0 heterocycles. The van der Waals surface area contributed by atoms with E-state index in [1.807, 2.05) is 0 Å². The lowest BCUT2D eigenvalue weighted by atomic mass is 9.85. The van der Waals surface area contributed by atoms with Crippen LogP contribution in [0.25, 0.3) is 43.8 Å². The molecule has 0 unspecified atom stereocenters. The number of rotatable bonds is 3. The van der Waals surface area contributed by atoms with Crippen molar-refractivity contribution in [2.45, 2.75) is 0 Å². The van der Waals surface area contributed by atoms with Crippen LogP contribution in [0.3, 0.4) is 0 Å². The molecule has 0 radical (unpaired) electrons. The fraction of sp³-hybridized carbons (Fsp3) is 0.0370. The average molecular weight is 504 g/mol. The van der Waals surface area contributed by atoms with Gasteiger partial charge >= 0.3 is 0 Å². The summed E-state index contributed by atoms with van der Waals surface area (Å²) in [5, 5.41) is -0.667. The Bertz CT molecular complexity index is 1660. The number of ether oxygens (including phenoxy) is 1. The number of methoxy groups -OCH3 is 1. The maximum Gasteiger partial charge on any atom is 0.200 e. The first-order valence-electron chi connectivity index (χ1n) is 10.3. The third-order valence-corrected chi connectivity index (χ3v) is 5.96. The summed E-state index contributed by atoms with van der Waals surface area (Å²) in [6.07, 6.45) is 0. The van der Waals surface area contributed by atoms with E-state index in [4.69, 9.17) is 4.74 Å². The second kappa shape index (κ2) is 8.51. The van der Waals surface area contributed by atoms with Gasteiger partial charge in [-0.2, -0.15) is 0 Å². The predicted octanol–water partition coefficient (Wildman–Crippen LogP) is 8.45. The Morgan fingerprint density at radius 1 is 0.472 bits per heavy atom. The fourth-order valence-corrected chi connectivity index (χ4v) is 4.35. The van der Waals surface area contributed by atoms with Gasteiger partial charge in [-0.25, -0.2) is 35.1 Å². The normalized spacial score (nSPS) is 11.5. The summed E-state index contributed by atoms with van der Waals surface area (Å²) in [6, 6.07) is 10.7. The van der Waals surface area contributed by atoms with Crippen LogP contribution in [0.2, 0.25) is 0 Å². The zero-order valence-corrected chi connectivity index (χ0v) is 18.1. The van der Waals surface area contributed by atoms with Crippen molar-refractivity contribution in [1.29, 1.82) is 0 Å². The molecular weight excluding hydrogens is 492 g/mol. The van der Waals surface area contributed by atoms with Gasteiger partial charge in [-0.15, -0.1) is 0 Å². The molecule has 5 rings (SSSR count). The van der Waals surface area contributed by atoms with Crippen molar-refractivity contribution in [3.63, 3.8) is 0 Å². The summed E-state index contributed by atoms with van der Waals surface area (Å²) in [5.41, 5.74) is -1.44. The molecule has 0 N–H and O–H groups in total. The second-order valence-corrected chi connectivity index (χ2v) is 7.93. The maximum atomic E-state index is 14.9. The van der Waals surface area contributed by atoms with Crippen LogP contribution in [0, 0.1) is 46.5 Å². The molecule has 36 heavy (non-hydrogen) atoms. The van der Waals surface area contributed by atoms with Crippen molar-refractivity contribution >= 4 is 21.5 Å². The quantitative estimate of drug-likeness (QED) is 0.104. The smallest absolute Gasteiger partial charge is 0.200 e. The molecular formula is C27H12F8O. The monoisotopic (exact) mass is 504 g/mol. The van der Waals surface area contributed by atoms with E-state index in [0.717, 1.165) is 18.2 Å². The Morgan fingerprint density at radius 3 is 1.53 bits per heavy atom. The van der Waals surface area contributed by atoms with Gasteiger partial charge in [-0.1, -0.05) is 18.2 Å². The van der Waals surface area contributed by atoms with E-state index < -0.39 is 57.7 Å². The molecule has 9 heteroatoms. The number of benzene rings is 5. The highest BCUT2D eigenvalue weighted by atomic mass is 19.2. The lowest BCUT2D eigenvalue weighted by Gasteiger charge is -2.19. The van der Waals surface area contributed by atoms with Crippen molar-refractivity contribution < 1.29 is 39.9 Å². The van der Waals surface area contributed by atoms with Gasteiger partial charge in [-0.3, -0.25) is 0 Å². The Kier molecular flexibility index (Phi) is 5.58. The molecule has 1 nitrogen and oxygen atoms in total. The summed E-state index contributed by atoms with van der Waals surface area (Å²) in [5.74, 6) is -14.4. The average Bonchev–Trinajstić information content (AvgIpc) is 2.87. The van der Waals surface area contributed by atoms with Gasteiger partial charge in [0.05, 0.1) is 12.7 Å². The van der Waals surface area contributed by atoms with Crippen LogP contribution >= 0.6 is 0 Å². The minimum absolute atomic E-state index is 0.0963. The molecule has 0 spiro atoms. The molecule has 0 aromatic heterocycles. The van der Waals surface area contributed by atoms with Crippen molar-refractivity contribution in [3.05, 3.63) is 101 Å². The summed E-state index contributed by atoms with van der Waals surface area (Å²) in [6.45, 7) is 0. The first-order valence-corrected chi connectivity index (χ1v) is 10.3. The fourth-order valence-electron chi connectivity index (χ4n) is 4.35. The van der Waals surface area contributed by atoms with Crippen LogP contribution in [0.5, 0.6) is 5.75 Å². The second-order valence-electron chi connectivity index (χ2n) is 7.93. The van der Waals surface area contributed by atoms with Crippen LogP contribution in [0.4, 0.5) is 35.1 Å². The van der Waals surface area contributed by atoms with Gasteiger partial charge in [0.1, 0.15) is 11.6 Å². The molecule has 0 aliphatic carbocycles. The Labute approximate surface area is 198 Å². The first kappa shape index (κ1) is 23.6. The largest absolute Gasteiger partial charge is 0.497 e. The number of fused-ring (bicyclic) bond motifs is 2. The van der Waals surface area contributed by atoms with E-state index in [1.54, 1.807) is 24.3 Å². The van der Waals surface area contributed by atoms with Crippen LogP contribution in [0.15, 0.2) is 54.6 Å². The third-order valence-electron chi connectivity index (χ3n) is 5.96. The number of hydrogen-bond donors (Lipinski definition) is 0. The maximum absolute atomic E-state index is 14.9. The summed E-state index contributed by atoms with van der Waals surface area (Å²) < 4.78 is 120. The van der Waals surface area contributed by atoms with Crippen molar-refractivity contribution in [3.8, 4) is 28.0 Å². The highest BCUT2D eigenvalue weighted by Gasteiger charge is 2.30. The summed E-state index contributed by atoms with van der Waals surface area (Å²) in [4.78, 5) is 0. The molecule has 0 saturated heterocycles. The molecule has 0 aliphatic rings. The summed E-state index contributed by atoms with van der Waals surface area (Å²) >= 11 is 0. The first-order chi connectivity index (χ1) is 17.1. The Balaban J connectivity index is 2.06. The molecule has 0 atom stereocenters. The molecule has 182 valence electrons. The lowest BCUT2D eigenvalue weighted by Crippen LogP contribution is -2.05. The van der Waals surface area contributed by atoms with E-state index in [9.17, 15) is 35.1 Å². The van der Waals surface area contributed by atoms with Crippen molar-refractivity contribution in [2.75, 3.05) is 7.11 Å². The molecule has 5 aromatic carbocycles. The van der Waals surface area contributed by atoms with E-state index in [-0.39, 0.29) is 27.1 Å². The Morgan fingerprint density at radius 2 is 0.972 bits per heavy atom. The minimum atomic E-state index is -2.39. The minimum Gasteiger partial charge on any atom is -0.497 e. The summed E-state index contributed by atoms with van der Waals surface area (Å²) in [7, 11) is 1.43. The van der Waals surface area contributed by atoms with Crippen molar-refractivity contribution in [1.82, 2.24) is 0 Å². The molecule has 0 fully saturated rings.